The summed E-state index contributed by atoms with van der Waals surface area (Å²) in [7, 11) is 0. The van der Waals surface area contributed by atoms with E-state index in [1.807, 2.05) is 0 Å². The second kappa shape index (κ2) is 9.15. The molecule has 0 fully saturated rings. The molecule has 0 atom stereocenters. The summed E-state index contributed by atoms with van der Waals surface area (Å²) >= 11 is 0. The van der Waals surface area contributed by atoms with E-state index in [1.54, 1.807) is 43.4 Å². The Morgan fingerprint density at radius 3 is 2.39 bits per heavy atom. The van der Waals surface area contributed by atoms with Crippen LogP contribution in [-0.2, 0) is 4.79 Å². The molecule has 2 aromatic carbocycles. The number of hydrogen-bond donors (Lipinski definition) is 3. The van der Waals surface area contributed by atoms with Gasteiger partial charge in [0, 0.05) is 0 Å². The molecule has 3 rings (SSSR count). The zero-order chi connectivity index (χ0) is 24.3. The lowest BCUT2D eigenvalue weighted by Crippen LogP contribution is -2.33. The van der Waals surface area contributed by atoms with Crippen LogP contribution in [0.5, 0.6) is 5.88 Å². The van der Waals surface area contributed by atoms with E-state index in [9.17, 15) is 32.7 Å². The number of aliphatic imine (C=N–C) groups is 1. The minimum absolute atomic E-state index is 0.00945. The van der Waals surface area contributed by atoms with Crippen molar-refractivity contribution in [2.75, 3.05) is 5.32 Å². The van der Waals surface area contributed by atoms with E-state index in [-0.39, 0.29) is 29.1 Å². The molecular weight excluding hydrogens is 441 g/mol. The lowest BCUT2D eigenvalue weighted by molar-refractivity contribution is -0.167. The number of alkyl halides is 3. The van der Waals surface area contributed by atoms with Crippen LogP contribution in [0.15, 0.2) is 63.1 Å². The standard InChI is InChI=1S/C22H19F3N4O4/c1-3-13(26-14-9-5-6-10-15(14)27-20(32)22(23,24)25)17-18(30)28-21(33)29(19(17)31)16-11-7-4-8-12(16)2/h4-11,31H,3H2,1-2H3,(H,27,32)(H,28,30,33). The number of aryl methyl sites for hydroxylation is 1. The van der Waals surface area contributed by atoms with Crippen LogP contribution in [0.4, 0.5) is 24.5 Å². The fourth-order valence-electron chi connectivity index (χ4n) is 3.15. The van der Waals surface area contributed by atoms with E-state index in [0.717, 1.165) is 4.57 Å². The highest BCUT2D eigenvalue weighted by Crippen LogP contribution is 2.29. The molecule has 0 unspecified atom stereocenters. The first-order valence-electron chi connectivity index (χ1n) is 9.74. The summed E-state index contributed by atoms with van der Waals surface area (Å²) in [5, 5.41) is 12.6. The maximum Gasteiger partial charge on any atom is 0.471 e. The van der Waals surface area contributed by atoms with Crippen molar-refractivity contribution < 1.29 is 23.1 Å². The fourth-order valence-corrected chi connectivity index (χ4v) is 3.15. The molecule has 0 radical (unpaired) electrons. The number of aromatic hydroxyl groups is 1. The lowest BCUT2D eigenvalue weighted by atomic mass is 10.1. The number of anilines is 1. The Kier molecular flexibility index (Phi) is 6.52. The van der Waals surface area contributed by atoms with Gasteiger partial charge in [-0.2, -0.15) is 13.2 Å². The van der Waals surface area contributed by atoms with Crippen molar-refractivity contribution >= 4 is 23.0 Å². The van der Waals surface area contributed by atoms with Crippen molar-refractivity contribution in [2.24, 2.45) is 4.99 Å². The number of H-pyrrole nitrogens is 1. The van der Waals surface area contributed by atoms with Gasteiger partial charge in [-0.15, -0.1) is 0 Å². The third-order valence-electron chi connectivity index (χ3n) is 4.73. The number of rotatable bonds is 5. The molecule has 0 aliphatic carbocycles. The first kappa shape index (κ1) is 23.5. The number of hydrogen-bond acceptors (Lipinski definition) is 5. The quantitative estimate of drug-likeness (QED) is 0.505. The maximum absolute atomic E-state index is 12.7. The van der Waals surface area contributed by atoms with Gasteiger partial charge >= 0.3 is 17.8 Å². The molecular formula is C22H19F3N4O4. The van der Waals surface area contributed by atoms with E-state index in [2.05, 4.69) is 9.98 Å². The number of carbonyl (C=O) groups is 1. The van der Waals surface area contributed by atoms with Gasteiger partial charge in [0.2, 0.25) is 5.88 Å². The van der Waals surface area contributed by atoms with Crippen LogP contribution in [0, 0.1) is 6.92 Å². The average Bonchev–Trinajstić information content (AvgIpc) is 2.74. The number of aromatic nitrogens is 2. The largest absolute Gasteiger partial charge is 0.493 e. The molecule has 172 valence electrons. The number of carbonyl (C=O) groups excluding carboxylic acids is 1. The topological polar surface area (TPSA) is 117 Å². The number of halogens is 3. The molecule has 0 saturated heterocycles. The molecule has 0 aliphatic rings. The van der Waals surface area contributed by atoms with Crippen molar-refractivity contribution in [1.82, 2.24) is 9.55 Å². The number of para-hydroxylation sites is 3. The fraction of sp³-hybridized carbons (Fsp3) is 0.182. The Morgan fingerprint density at radius 1 is 1.12 bits per heavy atom. The second-order valence-electron chi connectivity index (χ2n) is 6.96. The summed E-state index contributed by atoms with van der Waals surface area (Å²) in [6.45, 7) is 3.32. The van der Waals surface area contributed by atoms with Crippen LogP contribution in [0.25, 0.3) is 5.69 Å². The van der Waals surface area contributed by atoms with Crippen molar-refractivity contribution in [3.63, 3.8) is 0 Å². The first-order chi connectivity index (χ1) is 15.5. The molecule has 0 bridgehead atoms. The van der Waals surface area contributed by atoms with Gasteiger partial charge in [0.15, 0.2) is 0 Å². The smallest absolute Gasteiger partial charge is 0.471 e. The van der Waals surface area contributed by atoms with Crippen molar-refractivity contribution in [1.29, 1.82) is 0 Å². The molecule has 1 heterocycles. The molecule has 1 amide bonds. The molecule has 11 heteroatoms. The van der Waals surface area contributed by atoms with E-state index in [4.69, 9.17) is 0 Å². The number of benzene rings is 2. The Balaban J connectivity index is 2.19. The number of nitrogens with one attached hydrogen (secondary N) is 2. The van der Waals surface area contributed by atoms with E-state index >= 15 is 0 Å². The highest BCUT2D eigenvalue weighted by molar-refractivity contribution is 6.05. The molecule has 33 heavy (non-hydrogen) atoms. The van der Waals surface area contributed by atoms with Gasteiger partial charge < -0.3 is 10.4 Å². The monoisotopic (exact) mass is 460 g/mol. The Bertz CT molecular complexity index is 1360. The lowest BCUT2D eigenvalue weighted by Gasteiger charge is -2.15. The number of nitrogens with zero attached hydrogens (tertiary/aromatic N) is 2. The van der Waals surface area contributed by atoms with Gasteiger partial charge in [-0.1, -0.05) is 37.3 Å². The molecule has 3 N–H and O–H groups in total. The summed E-state index contributed by atoms with van der Waals surface area (Å²) in [4.78, 5) is 42.8. The van der Waals surface area contributed by atoms with Gasteiger partial charge in [0.05, 0.1) is 22.8 Å². The first-order valence-corrected chi connectivity index (χ1v) is 9.74. The number of amides is 1. The molecule has 0 saturated carbocycles. The molecule has 3 aromatic rings. The van der Waals surface area contributed by atoms with Gasteiger partial charge in [0.25, 0.3) is 5.56 Å². The number of aromatic amines is 1. The zero-order valence-electron chi connectivity index (χ0n) is 17.5. The second-order valence-corrected chi connectivity index (χ2v) is 6.96. The highest BCUT2D eigenvalue weighted by atomic mass is 19.4. The Morgan fingerprint density at radius 2 is 1.76 bits per heavy atom. The highest BCUT2D eigenvalue weighted by Gasteiger charge is 2.39. The van der Waals surface area contributed by atoms with Crippen LogP contribution < -0.4 is 16.6 Å². The third-order valence-corrected chi connectivity index (χ3v) is 4.73. The van der Waals surface area contributed by atoms with Crippen LogP contribution in [0.3, 0.4) is 0 Å². The average molecular weight is 460 g/mol. The van der Waals surface area contributed by atoms with Crippen molar-refractivity contribution in [3.05, 3.63) is 80.5 Å². The van der Waals surface area contributed by atoms with E-state index in [1.165, 1.54) is 24.3 Å². The molecule has 0 spiro atoms. The van der Waals surface area contributed by atoms with E-state index < -0.39 is 29.2 Å². The summed E-state index contributed by atoms with van der Waals surface area (Å²) in [6.07, 6.45) is -5.03. The SMILES string of the molecule is CCC(=Nc1ccccc1NC(=O)C(F)(F)F)c1c(O)n(-c2ccccc2C)c(=O)[nH]c1=O. The van der Waals surface area contributed by atoms with E-state index in [0.29, 0.717) is 11.3 Å². The van der Waals surface area contributed by atoms with Crippen molar-refractivity contribution in [3.8, 4) is 11.6 Å². The minimum atomic E-state index is -5.11. The molecule has 8 nitrogen and oxygen atoms in total. The summed E-state index contributed by atoms with van der Waals surface area (Å²) < 4.78 is 39.0. The summed E-state index contributed by atoms with van der Waals surface area (Å²) in [5.41, 5.74) is -1.46. The normalized spacial score (nSPS) is 12.0. The summed E-state index contributed by atoms with van der Waals surface area (Å²) in [6, 6.07) is 12.1. The Hall–Kier alpha value is -4.15. The molecule has 1 aromatic heterocycles. The van der Waals surface area contributed by atoms with Crippen molar-refractivity contribution in [2.45, 2.75) is 26.4 Å². The van der Waals surface area contributed by atoms with Crippen LogP contribution in [0.1, 0.15) is 24.5 Å². The van der Waals surface area contributed by atoms with Crippen LogP contribution >= 0.6 is 0 Å². The van der Waals surface area contributed by atoms with Gasteiger partial charge in [-0.3, -0.25) is 19.6 Å². The predicted octanol–water partition coefficient (Wildman–Crippen LogP) is 3.57. The maximum atomic E-state index is 12.7. The third kappa shape index (κ3) is 4.86. The molecule has 0 aliphatic heterocycles. The zero-order valence-corrected chi connectivity index (χ0v) is 17.5. The van der Waals surface area contributed by atoms with Crippen LogP contribution in [-0.4, -0.2) is 32.5 Å². The van der Waals surface area contributed by atoms with Crippen LogP contribution in [0.2, 0.25) is 0 Å². The van der Waals surface area contributed by atoms with Gasteiger partial charge in [0.1, 0.15) is 5.56 Å². The summed E-state index contributed by atoms with van der Waals surface area (Å²) in [5.74, 6) is -2.85. The van der Waals surface area contributed by atoms with Gasteiger partial charge in [-0.05, 0) is 37.1 Å². The van der Waals surface area contributed by atoms with Gasteiger partial charge in [-0.25, -0.2) is 9.36 Å². The predicted molar refractivity (Wildman–Crippen MR) is 117 cm³/mol. The minimum Gasteiger partial charge on any atom is -0.493 e. The Labute approximate surface area is 185 Å².